The third-order valence-electron chi connectivity index (χ3n) is 2.97. The smallest absolute Gasteiger partial charge is 0.000427 e. The summed E-state index contributed by atoms with van der Waals surface area (Å²) in [5, 5.41) is 0. The van der Waals surface area contributed by atoms with E-state index in [1.807, 2.05) is 0 Å². The summed E-state index contributed by atoms with van der Waals surface area (Å²) < 4.78 is 0. The van der Waals surface area contributed by atoms with Gasteiger partial charge in [0.25, 0.3) is 0 Å². The molecule has 0 spiro atoms. The van der Waals surface area contributed by atoms with Gasteiger partial charge in [0, 0.05) is 6.54 Å². The Morgan fingerprint density at radius 2 is 1.62 bits per heavy atom. The topological polar surface area (TPSA) is 3.24 Å². The summed E-state index contributed by atoms with van der Waals surface area (Å²) in [5.74, 6) is 0.800. The molecular formula is C15H33N. The molecule has 0 aliphatic carbocycles. The molecule has 0 bridgehead atoms. The molecule has 1 nitrogen and oxygen atoms in total. The van der Waals surface area contributed by atoms with Crippen LogP contribution in [0.5, 0.6) is 0 Å². The fourth-order valence-electron chi connectivity index (χ4n) is 2.06. The summed E-state index contributed by atoms with van der Waals surface area (Å²) >= 11 is 0. The Labute approximate surface area is 104 Å². The maximum absolute atomic E-state index is 2.59. The number of rotatable bonds is 8. The van der Waals surface area contributed by atoms with Crippen LogP contribution < -0.4 is 0 Å². The molecule has 0 saturated heterocycles. The molecular weight excluding hydrogens is 194 g/mol. The van der Waals surface area contributed by atoms with E-state index in [1.54, 1.807) is 0 Å². The highest BCUT2D eigenvalue weighted by Crippen LogP contribution is 2.22. The van der Waals surface area contributed by atoms with Crippen LogP contribution >= 0.6 is 0 Å². The zero-order valence-electron chi connectivity index (χ0n) is 12.5. The lowest BCUT2D eigenvalue weighted by atomic mass is 9.89. The molecule has 0 saturated carbocycles. The van der Waals surface area contributed by atoms with Gasteiger partial charge < -0.3 is 4.90 Å². The van der Waals surface area contributed by atoms with Crippen molar-refractivity contribution in [2.45, 2.75) is 67.2 Å². The lowest BCUT2D eigenvalue weighted by Crippen LogP contribution is -2.28. The fraction of sp³-hybridized carbons (Fsp3) is 1.00. The molecule has 0 radical (unpaired) electrons. The monoisotopic (exact) mass is 227 g/mol. The minimum absolute atomic E-state index is 0.516. The van der Waals surface area contributed by atoms with Crippen LogP contribution in [0, 0.1) is 11.3 Å². The van der Waals surface area contributed by atoms with Crippen LogP contribution in [0.3, 0.4) is 0 Å². The third kappa shape index (κ3) is 10.5. The summed E-state index contributed by atoms with van der Waals surface area (Å²) in [6.45, 7) is 17.7. The van der Waals surface area contributed by atoms with Crippen molar-refractivity contribution in [3.8, 4) is 0 Å². The van der Waals surface area contributed by atoms with Crippen LogP contribution in [0.25, 0.3) is 0 Å². The highest BCUT2D eigenvalue weighted by Gasteiger charge is 2.09. The molecule has 0 unspecified atom stereocenters. The van der Waals surface area contributed by atoms with Gasteiger partial charge in [0.05, 0.1) is 0 Å². The Morgan fingerprint density at radius 3 is 2.06 bits per heavy atom. The van der Waals surface area contributed by atoms with E-state index in [4.69, 9.17) is 0 Å². The van der Waals surface area contributed by atoms with Gasteiger partial charge in [0.1, 0.15) is 0 Å². The molecule has 0 aliphatic heterocycles. The zero-order valence-corrected chi connectivity index (χ0v) is 12.5. The first kappa shape index (κ1) is 16.0. The van der Waals surface area contributed by atoms with Crippen LogP contribution in [0.1, 0.15) is 67.2 Å². The number of hydrogen-bond acceptors (Lipinski definition) is 1. The molecule has 0 aromatic carbocycles. The number of unbranched alkanes of at least 4 members (excludes halogenated alkanes) is 2. The lowest BCUT2D eigenvalue weighted by molar-refractivity contribution is 0.248. The minimum Gasteiger partial charge on any atom is -0.303 e. The van der Waals surface area contributed by atoms with Crippen molar-refractivity contribution in [2.75, 3.05) is 19.6 Å². The molecule has 98 valence electrons. The Morgan fingerprint density at radius 1 is 1.00 bits per heavy atom. The molecule has 16 heavy (non-hydrogen) atoms. The largest absolute Gasteiger partial charge is 0.303 e. The molecule has 0 rings (SSSR count). The van der Waals surface area contributed by atoms with Crippen molar-refractivity contribution < 1.29 is 0 Å². The van der Waals surface area contributed by atoms with Gasteiger partial charge in [-0.15, -0.1) is 0 Å². The lowest BCUT2D eigenvalue weighted by Gasteiger charge is -2.23. The number of nitrogens with zero attached hydrogens (tertiary/aromatic N) is 1. The molecule has 0 atom stereocenters. The summed E-state index contributed by atoms with van der Waals surface area (Å²) in [4.78, 5) is 2.59. The predicted molar refractivity (Wildman–Crippen MR) is 74.9 cm³/mol. The van der Waals surface area contributed by atoms with Gasteiger partial charge in [-0.05, 0) is 37.3 Å². The predicted octanol–water partition coefficient (Wildman–Crippen LogP) is 4.57. The summed E-state index contributed by atoms with van der Waals surface area (Å²) in [6, 6.07) is 0. The fourth-order valence-corrected chi connectivity index (χ4v) is 2.06. The normalized spacial score (nSPS) is 12.8. The Hall–Kier alpha value is -0.0400. The van der Waals surface area contributed by atoms with E-state index in [9.17, 15) is 0 Å². The van der Waals surface area contributed by atoms with Crippen molar-refractivity contribution in [1.29, 1.82) is 0 Å². The maximum Gasteiger partial charge on any atom is 0.000427 e. The molecule has 0 heterocycles. The second-order valence-corrected chi connectivity index (χ2v) is 6.66. The van der Waals surface area contributed by atoms with Crippen LogP contribution in [0.15, 0.2) is 0 Å². The molecule has 1 heteroatoms. The SMILES string of the molecule is CCN(CCCCCC(C)(C)C)CC(C)C. The van der Waals surface area contributed by atoms with E-state index in [0.29, 0.717) is 5.41 Å². The highest BCUT2D eigenvalue weighted by atomic mass is 15.1. The van der Waals surface area contributed by atoms with Crippen LogP contribution in [-0.4, -0.2) is 24.5 Å². The van der Waals surface area contributed by atoms with Gasteiger partial charge in [0.2, 0.25) is 0 Å². The van der Waals surface area contributed by atoms with E-state index >= 15 is 0 Å². The first-order chi connectivity index (χ1) is 7.35. The van der Waals surface area contributed by atoms with Crippen molar-refractivity contribution >= 4 is 0 Å². The van der Waals surface area contributed by atoms with Crippen molar-refractivity contribution in [3.63, 3.8) is 0 Å². The van der Waals surface area contributed by atoms with E-state index < -0.39 is 0 Å². The van der Waals surface area contributed by atoms with Crippen molar-refractivity contribution in [2.24, 2.45) is 11.3 Å². The standard InChI is InChI=1S/C15H33N/c1-7-16(13-14(2)3)12-10-8-9-11-15(4,5)6/h14H,7-13H2,1-6H3. The Bertz CT molecular complexity index is 155. The van der Waals surface area contributed by atoms with Gasteiger partial charge in [-0.25, -0.2) is 0 Å². The maximum atomic E-state index is 2.59. The highest BCUT2D eigenvalue weighted by molar-refractivity contribution is 4.62. The number of hydrogen-bond donors (Lipinski definition) is 0. The molecule has 0 aliphatic rings. The van der Waals surface area contributed by atoms with E-state index in [0.717, 1.165) is 5.92 Å². The van der Waals surface area contributed by atoms with Gasteiger partial charge >= 0.3 is 0 Å². The molecule has 0 aromatic heterocycles. The van der Waals surface area contributed by atoms with Gasteiger partial charge in [-0.2, -0.15) is 0 Å². The average Bonchev–Trinajstić information content (AvgIpc) is 2.13. The van der Waals surface area contributed by atoms with Crippen molar-refractivity contribution in [1.82, 2.24) is 4.90 Å². The summed E-state index contributed by atoms with van der Waals surface area (Å²) in [7, 11) is 0. The van der Waals surface area contributed by atoms with E-state index in [1.165, 1.54) is 45.3 Å². The van der Waals surface area contributed by atoms with Crippen LogP contribution in [0.2, 0.25) is 0 Å². The first-order valence-electron chi connectivity index (χ1n) is 7.07. The van der Waals surface area contributed by atoms with Crippen LogP contribution in [-0.2, 0) is 0 Å². The van der Waals surface area contributed by atoms with Gasteiger partial charge in [-0.3, -0.25) is 0 Å². The zero-order chi connectivity index (χ0) is 12.6. The third-order valence-corrected chi connectivity index (χ3v) is 2.97. The summed E-state index contributed by atoms with van der Waals surface area (Å²) in [5.41, 5.74) is 0.516. The second-order valence-electron chi connectivity index (χ2n) is 6.66. The molecule has 0 N–H and O–H groups in total. The summed E-state index contributed by atoms with van der Waals surface area (Å²) in [6.07, 6.45) is 5.52. The first-order valence-corrected chi connectivity index (χ1v) is 7.07. The second kappa shape index (κ2) is 8.11. The Kier molecular flexibility index (Phi) is 8.09. The molecule has 0 fully saturated rings. The van der Waals surface area contributed by atoms with E-state index in [-0.39, 0.29) is 0 Å². The van der Waals surface area contributed by atoms with Crippen molar-refractivity contribution in [3.05, 3.63) is 0 Å². The van der Waals surface area contributed by atoms with Gasteiger partial charge in [0.15, 0.2) is 0 Å². The van der Waals surface area contributed by atoms with Gasteiger partial charge in [-0.1, -0.05) is 54.4 Å². The quantitative estimate of drug-likeness (QED) is 0.549. The Balaban J connectivity index is 3.48. The average molecular weight is 227 g/mol. The van der Waals surface area contributed by atoms with E-state index in [2.05, 4.69) is 46.4 Å². The van der Waals surface area contributed by atoms with Crippen LogP contribution in [0.4, 0.5) is 0 Å². The minimum atomic E-state index is 0.516. The molecule has 0 amide bonds. The molecule has 0 aromatic rings.